The fraction of sp³-hybridized carbons (Fsp3) is 0.227. The molecule has 0 spiro atoms. The summed E-state index contributed by atoms with van der Waals surface area (Å²) in [5.41, 5.74) is 1.83. The SMILES string of the molecule is O=C(Cn1cnc2scc(-c3cccs3)c2c1=O)N1CCN(c2ccc(Cl)cc2)CC1. The van der Waals surface area contributed by atoms with E-state index in [-0.39, 0.29) is 18.0 Å². The number of fused-ring (bicyclic) bond motifs is 1. The van der Waals surface area contributed by atoms with Crippen LogP contribution in [0.25, 0.3) is 20.7 Å². The zero-order chi connectivity index (χ0) is 21.4. The second-order valence-electron chi connectivity index (χ2n) is 7.33. The number of hydrogen-bond acceptors (Lipinski definition) is 6. The molecule has 0 N–H and O–H groups in total. The predicted molar refractivity (Wildman–Crippen MR) is 127 cm³/mol. The molecule has 0 aliphatic carbocycles. The number of amides is 1. The van der Waals surface area contributed by atoms with Crippen LogP contribution in [0.1, 0.15) is 0 Å². The predicted octanol–water partition coefficient (Wildman–Crippen LogP) is 4.19. The second kappa shape index (κ2) is 8.45. The number of aromatic nitrogens is 2. The number of benzene rings is 1. The number of halogens is 1. The minimum Gasteiger partial charge on any atom is -0.368 e. The Labute approximate surface area is 191 Å². The van der Waals surface area contributed by atoms with E-state index in [1.165, 1.54) is 22.2 Å². The van der Waals surface area contributed by atoms with Crippen LogP contribution in [0.15, 0.2) is 58.3 Å². The first kappa shape index (κ1) is 20.2. The van der Waals surface area contributed by atoms with Gasteiger partial charge in [-0.2, -0.15) is 0 Å². The van der Waals surface area contributed by atoms with Gasteiger partial charge < -0.3 is 9.80 Å². The molecule has 1 aromatic carbocycles. The standard InChI is InChI=1S/C22H19ClN4O2S2/c23-15-3-5-16(6-4-15)25-7-9-26(10-8-25)19(28)12-27-14-24-21-20(22(27)29)17(13-31-21)18-2-1-11-30-18/h1-6,11,13-14H,7-10,12H2. The van der Waals surface area contributed by atoms with Gasteiger partial charge >= 0.3 is 0 Å². The average molecular weight is 471 g/mol. The van der Waals surface area contributed by atoms with E-state index in [0.29, 0.717) is 28.3 Å². The van der Waals surface area contributed by atoms with E-state index in [1.54, 1.807) is 11.3 Å². The van der Waals surface area contributed by atoms with Crippen molar-refractivity contribution in [2.45, 2.75) is 6.54 Å². The van der Waals surface area contributed by atoms with Crippen LogP contribution < -0.4 is 10.5 Å². The van der Waals surface area contributed by atoms with Crippen molar-refractivity contribution in [3.8, 4) is 10.4 Å². The van der Waals surface area contributed by atoms with Crippen molar-refractivity contribution in [3.05, 3.63) is 68.9 Å². The summed E-state index contributed by atoms with van der Waals surface area (Å²) in [4.78, 5) is 36.2. The van der Waals surface area contributed by atoms with Crippen LogP contribution in [0.5, 0.6) is 0 Å². The summed E-state index contributed by atoms with van der Waals surface area (Å²) in [5.74, 6) is -0.0630. The number of piperazine rings is 1. The number of anilines is 1. The molecule has 6 nitrogen and oxygen atoms in total. The Morgan fingerprint density at radius 3 is 2.55 bits per heavy atom. The Kier molecular flexibility index (Phi) is 5.52. The Morgan fingerprint density at radius 2 is 1.84 bits per heavy atom. The van der Waals surface area contributed by atoms with Crippen molar-refractivity contribution >= 4 is 56.1 Å². The van der Waals surface area contributed by atoms with Gasteiger partial charge in [-0.1, -0.05) is 17.7 Å². The zero-order valence-corrected chi connectivity index (χ0v) is 18.9. The molecule has 0 saturated carbocycles. The lowest BCUT2D eigenvalue weighted by Gasteiger charge is -2.36. The molecule has 4 heterocycles. The van der Waals surface area contributed by atoms with Gasteiger partial charge in [-0.15, -0.1) is 22.7 Å². The van der Waals surface area contributed by atoms with Crippen LogP contribution in [-0.4, -0.2) is 46.5 Å². The summed E-state index contributed by atoms with van der Waals surface area (Å²) in [6.07, 6.45) is 1.49. The van der Waals surface area contributed by atoms with E-state index < -0.39 is 0 Å². The quantitative estimate of drug-likeness (QED) is 0.448. The molecule has 1 amide bonds. The molecule has 0 radical (unpaired) electrons. The van der Waals surface area contributed by atoms with Gasteiger partial charge in [0.15, 0.2) is 0 Å². The summed E-state index contributed by atoms with van der Waals surface area (Å²) in [7, 11) is 0. The minimum absolute atomic E-state index is 0.00243. The van der Waals surface area contributed by atoms with E-state index in [2.05, 4.69) is 9.88 Å². The maximum atomic E-state index is 13.1. The van der Waals surface area contributed by atoms with Crippen molar-refractivity contribution < 1.29 is 4.79 Å². The first-order valence-electron chi connectivity index (χ1n) is 9.89. The van der Waals surface area contributed by atoms with Gasteiger partial charge in [0.2, 0.25) is 5.91 Å². The number of thiophene rings is 2. The highest BCUT2D eigenvalue weighted by molar-refractivity contribution is 7.18. The lowest BCUT2D eigenvalue weighted by atomic mass is 10.2. The van der Waals surface area contributed by atoms with Gasteiger partial charge in [-0.3, -0.25) is 14.2 Å². The lowest BCUT2D eigenvalue weighted by Crippen LogP contribution is -2.50. The second-order valence-corrected chi connectivity index (χ2v) is 9.57. The van der Waals surface area contributed by atoms with E-state index in [9.17, 15) is 9.59 Å². The maximum Gasteiger partial charge on any atom is 0.263 e. The molecule has 3 aromatic heterocycles. The van der Waals surface area contributed by atoms with Crippen LogP contribution in [-0.2, 0) is 11.3 Å². The highest BCUT2D eigenvalue weighted by atomic mass is 35.5. The molecule has 4 aromatic rings. The van der Waals surface area contributed by atoms with Crippen LogP contribution in [0, 0.1) is 0 Å². The van der Waals surface area contributed by atoms with Crippen molar-refractivity contribution in [3.63, 3.8) is 0 Å². The molecule has 31 heavy (non-hydrogen) atoms. The molecule has 158 valence electrons. The largest absolute Gasteiger partial charge is 0.368 e. The minimum atomic E-state index is -0.164. The van der Waals surface area contributed by atoms with Crippen LogP contribution in [0.2, 0.25) is 5.02 Å². The number of carbonyl (C=O) groups is 1. The molecule has 1 saturated heterocycles. The molecular weight excluding hydrogens is 452 g/mol. The molecule has 1 aliphatic heterocycles. The Hall–Kier alpha value is -2.68. The smallest absolute Gasteiger partial charge is 0.263 e. The maximum absolute atomic E-state index is 13.1. The van der Waals surface area contributed by atoms with Crippen molar-refractivity contribution in [1.29, 1.82) is 0 Å². The first-order chi connectivity index (χ1) is 15.1. The average Bonchev–Trinajstić information content (AvgIpc) is 3.46. The summed E-state index contributed by atoms with van der Waals surface area (Å²) in [5, 5.41) is 5.25. The molecule has 0 bridgehead atoms. The third-order valence-corrected chi connectivity index (χ3v) is 7.52. The lowest BCUT2D eigenvalue weighted by molar-refractivity contribution is -0.132. The summed E-state index contributed by atoms with van der Waals surface area (Å²) < 4.78 is 1.43. The normalized spacial score (nSPS) is 14.4. The zero-order valence-electron chi connectivity index (χ0n) is 16.5. The fourth-order valence-corrected chi connectivity index (χ4v) is 5.65. The van der Waals surface area contributed by atoms with E-state index in [4.69, 9.17) is 11.6 Å². The number of nitrogens with zero attached hydrogens (tertiary/aromatic N) is 4. The number of rotatable bonds is 4. The fourth-order valence-electron chi connectivity index (χ4n) is 3.81. The van der Waals surface area contributed by atoms with Gasteiger partial charge in [0.05, 0.1) is 11.7 Å². The van der Waals surface area contributed by atoms with Crippen molar-refractivity contribution in [2.75, 3.05) is 31.1 Å². The van der Waals surface area contributed by atoms with Crippen LogP contribution in [0.4, 0.5) is 5.69 Å². The third kappa shape index (κ3) is 3.98. The summed E-state index contributed by atoms with van der Waals surface area (Å²) in [6.45, 7) is 2.72. The molecular formula is C22H19ClN4O2S2. The molecule has 5 rings (SSSR count). The van der Waals surface area contributed by atoms with E-state index in [0.717, 1.165) is 29.2 Å². The van der Waals surface area contributed by atoms with Gasteiger partial charge in [-0.25, -0.2) is 4.98 Å². The van der Waals surface area contributed by atoms with Gasteiger partial charge in [0.25, 0.3) is 5.56 Å². The van der Waals surface area contributed by atoms with E-state index in [1.807, 2.05) is 52.1 Å². The monoisotopic (exact) mass is 470 g/mol. The van der Waals surface area contributed by atoms with Gasteiger partial charge in [0, 0.05) is 52.7 Å². The van der Waals surface area contributed by atoms with Crippen molar-refractivity contribution in [1.82, 2.24) is 14.5 Å². The highest BCUT2D eigenvalue weighted by Crippen LogP contribution is 2.33. The molecule has 0 unspecified atom stereocenters. The highest BCUT2D eigenvalue weighted by Gasteiger charge is 2.22. The Morgan fingerprint density at radius 1 is 1.06 bits per heavy atom. The van der Waals surface area contributed by atoms with Crippen LogP contribution in [0.3, 0.4) is 0 Å². The molecule has 1 aliphatic rings. The third-order valence-electron chi connectivity index (χ3n) is 5.48. The molecule has 9 heteroatoms. The topological polar surface area (TPSA) is 58.4 Å². The Balaban J connectivity index is 1.31. The number of carbonyl (C=O) groups excluding carboxylic acids is 1. The van der Waals surface area contributed by atoms with Crippen LogP contribution >= 0.6 is 34.3 Å². The molecule has 1 fully saturated rings. The molecule has 0 atom stereocenters. The summed E-state index contributed by atoms with van der Waals surface area (Å²) >= 11 is 9.01. The van der Waals surface area contributed by atoms with Gasteiger partial charge in [-0.05, 0) is 35.7 Å². The van der Waals surface area contributed by atoms with E-state index >= 15 is 0 Å². The van der Waals surface area contributed by atoms with Gasteiger partial charge in [0.1, 0.15) is 11.4 Å². The summed E-state index contributed by atoms with van der Waals surface area (Å²) in [6, 6.07) is 11.7. The Bertz CT molecular complexity index is 1270. The first-order valence-corrected chi connectivity index (χ1v) is 12.0. The number of hydrogen-bond donors (Lipinski definition) is 0. The van der Waals surface area contributed by atoms with Crippen molar-refractivity contribution in [2.24, 2.45) is 0 Å².